The molecule has 0 fully saturated rings. The van der Waals surface area contributed by atoms with Gasteiger partial charge < -0.3 is 4.74 Å². The molecule has 0 saturated carbocycles. The summed E-state index contributed by atoms with van der Waals surface area (Å²) in [7, 11) is 0. The van der Waals surface area contributed by atoms with E-state index in [1.165, 1.54) is 0 Å². The average Bonchev–Trinajstić information content (AvgIpc) is 2.20. The highest BCUT2D eigenvalue weighted by atomic mass is 35.5. The number of hydrogen-bond acceptors (Lipinski definition) is 2. The summed E-state index contributed by atoms with van der Waals surface area (Å²) in [5, 5.41) is -0.223. The van der Waals surface area contributed by atoms with Crippen LogP contribution in [0, 0.1) is 0 Å². The van der Waals surface area contributed by atoms with E-state index >= 15 is 0 Å². The predicted octanol–water partition coefficient (Wildman–Crippen LogP) is 3.90. The Bertz CT molecular complexity index is 350. The standard InChI is InChI=1S/C11H12Cl2O2/c1-2-3-6-15-8-4-5-10(12)9(7-8)11(13)14/h4-5,7H,2-3,6H2,1H3. The molecule has 15 heavy (non-hydrogen) atoms. The van der Waals surface area contributed by atoms with Gasteiger partial charge in [-0.2, -0.15) is 0 Å². The fourth-order valence-corrected chi connectivity index (χ4v) is 1.49. The fraction of sp³-hybridized carbons (Fsp3) is 0.364. The molecule has 0 atom stereocenters. The first kappa shape index (κ1) is 12.3. The number of benzene rings is 1. The van der Waals surface area contributed by atoms with Gasteiger partial charge in [0, 0.05) is 0 Å². The molecule has 0 unspecified atom stereocenters. The summed E-state index contributed by atoms with van der Waals surface area (Å²) in [6.07, 6.45) is 2.04. The Morgan fingerprint density at radius 1 is 1.47 bits per heavy atom. The average molecular weight is 247 g/mol. The van der Waals surface area contributed by atoms with E-state index in [4.69, 9.17) is 27.9 Å². The van der Waals surface area contributed by atoms with E-state index in [0.29, 0.717) is 17.4 Å². The smallest absolute Gasteiger partial charge is 0.254 e. The van der Waals surface area contributed by atoms with Crippen molar-refractivity contribution in [2.24, 2.45) is 0 Å². The Kier molecular flexibility index (Phi) is 4.92. The zero-order valence-corrected chi connectivity index (χ0v) is 9.94. The number of hydrogen-bond donors (Lipinski definition) is 0. The van der Waals surface area contributed by atoms with Crippen LogP contribution in [0.3, 0.4) is 0 Å². The molecule has 0 aliphatic carbocycles. The van der Waals surface area contributed by atoms with Gasteiger partial charge in [-0.15, -0.1) is 0 Å². The van der Waals surface area contributed by atoms with Crippen LogP contribution in [-0.2, 0) is 0 Å². The van der Waals surface area contributed by atoms with Gasteiger partial charge in [0.1, 0.15) is 5.75 Å². The summed E-state index contributed by atoms with van der Waals surface area (Å²) in [6, 6.07) is 4.90. The third kappa shape index (κ3) is 3.73. The number of carbonyl (C=O) groups is 1. The van der Waals surface area contributed by atoms with Crippen molar-refractivity contribution in [3.63, 3.8) is 0 Å². The van der Waals surface area contributed by atoms with Crippen LogP contribution in [0.25, 0.3) is 0 Å². The first-order valence-corrected chi connectivity index (χ1v) is 5.53. The van der Waals surface area contributed by atoms with E-state index in [-0.39, 0.29) is 5.56 Å². The van der Waals surface area contributed by atoms with E-state index in [2.05, 4.69) is 6.92 Å². The molecule has 0 heterocycles. The van der Waals surface area contributed by atoms with Crippen molar-refractivity contribution >= 4 is 28.4 Å². The number of halogens is 2. The molecule has 1 aromatic carbocycles. The Balaban J connectivity index is 2.74. The lowest BCUT2D eigenvalue weighted by molar-refractivity contribution is 0.108. The zero-order chi connectivity index (χ0) is 11.3. The van der Waals surface area contributed by atoms with Crippen molar-refractivity contribution in [2.45, 2.75) is 19.8 Å². The highest BCUT2D eigenvalue weighted by Crippen LogP contribution is 2.23. The molecule has 0 aliphatic rings. The molecule has 1 aromatic rings. The SMILES string of the molecule is CCCCOc1ccc(Cl)c(C(=O)Cl)c1. The molecule has 0 radical (unpaired) electrons. The highest BCUT2D eigenvalue weighted by molar-refractivity contribution is 6.68. The molecule has 0 N–H and O–H groups in total. The lowest BCUT2D eigenvalue weighted by Crippen LogP contribution is -1.98. The minimum absolute atomic E-state index is 0.285. The van der Waals surface area contributed by atoms with Gasteiger partial charge in [-0.25, -0.2) is 0 Å². The van der Waals surface area contributed by atoms with Crippen molar-refractivity contribution in [1.82, 2.24) is 0 Å². The van der Waals surface area contributed by atoms with Gasteiger partial charge in [-0.3, -0.25) is 4.79 Å². The minimum Gasteiger partial charge on any atom is -0.494 e. The molecule has 0 amide bonds. The summed E-state index contributed by atoms with van der Waals surface area (Å²) >= 11 is 11.2. The largest absolute Gasteiger partial charge is 0.494 e. The van der Waals surface area contributed by atoms with Gasteiger partial charge >= 0.3 is 0 Å². The van der Waals surface area contributed by atoms with E-state index < -0.39 is 5.24 Å². The maximum absolute atomic E-state index is 11.0. The van der Waals surface area contributed by atoms with Crippen molar-refractivity contribution in [1.29, 1.82) is 0 Å². The number of unbranched alkanes of at least 4 members (excludes halogenated alkanes) is 1. The van der Waals surface area contributed by atoms with Gasteiger partial charge in [0.2, 0.25) is 0 Å². The monoisotopic (exact) mass is 246 g/mol. The molecule has 4 heteroatoms. The van der Waals surface area contributed by atoms with E-state index in [0.717, 1.165) is 12.8 Å². The molecule has 82 valence electrons. The molecule has 2 nitrogen and oxygen atoms in total. The van der Waals surface area contributed by atoms with Gasteiger partial charge in [0.15, 0.2) is 0 Å². The van der Waals surface area contributed by atoms with E-state index in [9.17, 15) is 4.79 Å². The summed E-state index contributed by atoms with van der Waals surface area (Å²) in [6.45, 7) is 2.72. The predicted molar refractivity (Wildman–Crippen MR) is 62.0 cm³/mol. The van der Waals surface area contributed by atoms with Crippen molar-refractivity contribution in [3.8, 4) is 5.75 Å². The van der Waals surface area contributed by atoms with Crippen LogP contribution >= 0.6 is 23.2 Å². The molecular weight excluding hydrogens is 235 g/mol. The number of carbonyl (C=O) groups excluding carboxylic acids is 1. The molecule has 1 rings (SSSR count). The Morgan fingerprint density at radius 3 is 2.80 bits per heavy atom. The second-order valence-electron chi connectivity index (χ2n) is 3.12. The molecular formula is C11H12Cl2O2. The van der Waals surface area contributed by atoms with Crippen LogP contribution < -0.4 is 4.74 Å². The quantitative estimate of drug-likeness (QED) is 0.582. The lowest BCUT2D eigenvalue weighted by Gasteiger charge is -2.06. The Labute approximate surface area is 99.1 Å². The summed E-state index contributed by atoms with van der Waals surface area (Å²) < 4.78 is 5.42. The Hall–Kier alpha value is -0.730. The van der Waals surface area contributed by atoms with E-state index in [1.807, 2.05) is 0 Å². The zero-order valence-electron chi connectivity index (χ0n) is 8.43. The first-order chi connectivity index (χ1) is 7.15. The number of rotatable bonds is 5. The second-order valence-corrected chi connectivity index (χ2v) is 3.87. The molecule has 0 spiro atoms. The first-order valence-electron chi connectivity index (χ1n) is 4.77. The maximum atomic E-state index is 11.0. The number of ether oxygens (including phenoxy) is 1. The van der Waals surface area contributed by atoms with E-state index in [1.54, 1.807) is 18.2 Å². The topological polar surface area (TPSA) is 26.3 Å². The summed E-state index contributed by atoms with van der Waals surface area (Å²) in [5.74, 6) is 0.622. The van der Waals surface area contributed by atoms with Crippen LogP contribution in [-0.4, -0.2) is 11.8 Å². The maximum Gasteiger partial charge on any atom is 0.254 e. The lowest BCUT2D eigenvalue weighted by atomic mass is 10.2. The van der Waals surface area contributed by atoms with Crippen LogP contribution in [0.4, 0.5) is 0 Å². The van der Waals surface area contributed by atoms with Crippen molar-refractivity contribution in [3.05, 3.63) is 28.8 Å². The molecule has 0 bridgehead atoms. The molecule has 0 saturated heterocycles. The second kappa shape index (κ2) is 5.99. The van der Waals surface area contributed by atoms with Crippen LogP contribution in [0.1, 0.15) is 30.1 Å². The third-order valence-electron chi connectivity index (χ3n) is 1.92. The summed E-state index contributed by atoms with van der Waals surface area (Å²) in [4.78, 5) is 11.0. The Morgan fingerprint density at radius 2 is 2.20 bits per heavy atom. The molecule has 0 aliphatic heterocycles. The molecule has 0 aromatic heterocycles. The van der Waals surface area contributed by atoms with Crippen molar-refractivity contribution in [2.75, 3.05) is 6.61 Å². The normalized spacial score (nSPS) is 10.1. The fourth-order valence-electron chi connectivity index (χ4n) is 1.08. The minimum atomic E-state index is -0.569. The highest BCUT2D eigenvalue weighted by Gasteiger charge is 2.08. The summed E-state index contributed by atoms with van der Waals surface area (Å²) in [5.41, 5.74) is 0.285. The van der Waals surface area contributed by atoms with Crippen molar-refractivity contribution < 1.29 is 9.53 Å². The third-order valence-corrected chi connectivity index (χ3v) is 2.45. The van der Waals surface area contributed by atoms with Crippen LogP contribution in [0.15, 0.2) is 18.2 Å². The van der Waals surface area contributed by atoms with Gasteiger partial charge in [0.25, 0.3) is 5.24 Å². The van der Waals surface area contributed by atoms with Crippen LogP contribution in [0.5, 0.6) is 5.75 Å². The van der Waals surface area contributed by atoms with Crippen LogP contribution in [0.2, 0.25) is 5.02 Å². The van der Waals surface area contributed by atoms with Gasteiger partial charge in [-0.1, -0.05) is 24.9 Å². The van der Waals surface area contributed by atoms with Gasteiger partial charge in [0.05, 0.1) is 17.2 Å². The van der Waals surface area contributed by atoms with Gasteiger partial charge in [-0.05, 0) is 36.2 Å².